The van der Waals surface area contributed by atoms with Gasteiger partial charge in [-0.3, -0.25) is 4.79 Å². The van der Waals surface area contributed by atoms with Gasteiger partial charge in [0.1, 0.15) is 13.2 Å². The van der Waals surface area contributed by atoms with Gasteiger partial charge in [-0.1, -0.05) is 0 Å². The van der Waals surface area contributed by atoms with Gasteiger partial charge in [-0.25, -0.2) is 4.79 Å². The van der Waals surface area contributed by atoms with Crippen molar-refractivity contribution < 1.29 is 28.9 Å². The number of hydrogen-bond donors (Lipinski definition) is 1. The third-order valence-electron chi connectivity index (χ3n) is 3.47. The predicted octanol–water partition coefficient (Wildman–Crippen LogP) is 1.15. The fraction of sp³-hybridized carbons (Fsp3) is 0.429. The second kappa shape index (κ2) is 6.13. The van der Waals surface area contributed by atoms with Crippen LogP contribution in [0.2, 0.25) is 0 Å². The van der Waals surface area contributed by atoms with Crippen molar-refractivity contribution in [2.75, 3.05) is 32.9 Å². The smallest absolute Gasteiger partial charge is 0.334 e. The average Bonchev–Trinajstić information content (AvgIpc) is 2.54. The second-order valence-corrected chi connectivity index (χ2v) is 5.79. The highest BCUT2D eigenvalue weighted by molar-refractivity contribution is 9.10. The van der Waals surface area contributed by atoms with Crippen molar-refractivity contribution in [3.63, 3.8) is 0 Å². The first kappa shape index (κ1) is 15.1. The molecule has 1 amide bonds. The third-order valence-corrected chi connectivity index (χ3v) is 4.06. The van der Waals surface area contributed by atoms with Crippen LogP contribution in [-0.2, 0) is 9.53 Å². The van der Waals surface area contributed by atoms with Gasteiger partial charge in [0.2, 0.25) is 0 Å². The number of carbonyl (C=O) groups is 2. The van der Waals surface area contributed by atoms with Gasteiger partial charge in [0.05, 0.1) is 17.6 Å². The molecule has 22 heavy (non-hydrogen) atoms. The number of nitrogens with zero attached hydrogens (tertiary/aromatic N) is 1. The molecule has 1 atom stereocenters. The van der Waals surface area contributed by atoms with Gasteiger partial charge in [0.25, 0.3) is 5.91 Å². The van der Waals surface area contributed by atoms with Crippen molar-refractivity contribution in [1.82, 2.24) is 4.90 Å². The SMILES string of the molecule is O=C(O)C1CN(C(=O)c2cc(Br)c3c(c2)OCCO3)CCO1. The molecule has 1 N–H and O–H groups in total. The molecule has 1 saturated heterocycles. The molecule has 0 bridgehead atoms. The number of aliphatic carboxylic acids is 1. The summed E-state index contributed by atoms with van der Waals surface area (Å²) in [6.45, 7) is 1.47. The number of carboxylic acid groups (broad SMARTS) is 1. The van der Waals surface area contributed by atoms with E-state index in [9.17, 15) is 9.59 Å². The molecule has 8 heteroatoms. The molecule has 0 spiro atoms. The Morgan fingerprint density at radius 1 is 1.23 bits per heavy atom. The van der Waals surface area contributed by atoms with Gasteiger partial charge in [0, 0.05) is 12.1 Å². The Morgan fingerprint density at radius 3 is 2.77 bits per heavy atom. The minimum Gasteiger partial charge on any atom is -0.486 e. The molecule has 1 unspecified atom stereocenters. The standard InChI is InChI=1S/C14H14BrNO6/c15-9-5-8(6-10-12(9)22-4-3-21-10)13(17)16-1-2-20-11(7-16)14(18)19/h5-6,11H,1-4,7H2,(H,18,19). The quantitative estimate of drug-likeness (QED) is 0.838. The summed E-state index contributed by atoms with van der Waals surface area (Å²) in [6, 6.07) is 3.27. The Bertz CT molecular complexity index is 620. The summed E-state index contributed by atoms with van der Waals surface area (Å²) < 4.78 is 16.7. The predicted molar refractivity (Wildman–Crippen MR) is 78.4 cm³/mol. The number of ether oxygens (including phenoxy) is 3. The van der Waals surface area contributed by atoms with E-state index in [2.05, 4.69) is 15.9 Å². The van der Waals surface area contributed by atoms with Crippen LogP contribution >= 0.6 is 15.9 Å². The summed E-state index contributed by atoms with van der Waals surface area (Å²) in [5, 5.41) is 9.00. The van der Waals surface area contributed by atoms with Crippen molar-refractivity contribution in [3.8, 4) is 11.5 Å². The van der Waals surface area contributed by atoms with E-state index in [0.29, 0.717) is 41.3 Å². The van der Waals surface area contributed by atoms with E-state index < -0.39 is 12.1 Å². The van der Waals surface area contributed by atoms with Crippen LogP contribution in [0.4, 0.5) is 0 Å². The molecule has 1 aromatic carbocycles. The maximum atomic E-state index is 12.6. The van der Waals surface area contributed by atoms with Gasteiger partial charge >= 0.3 is 5.97 Å². The van der Waals surface area contributed by atoms with Gasteiger partial charge in [-0.05, 0) is 28.1 Å². The maximum absolute atomic E-state index is 12.6. The summed E-state index contributed by atoms with van der Waals surface area (Å²) in [5.41, 5.74) is 0.419. The fourth-order valence-electron chi connectivity index (χ4n) is 2.40. The molecule has 118 valence electrons. The van der Waals surface area contributed by atoms with E-state index in [1.165, 1.54) is 4.90 Å². The van der Waals surface area contributed by atoms with E-state index in [0.717, 1.165) is 0 Å². The highest BCUT2D eigenvalue weighted by Crippen LogP contribution is 2.38. The summed E-state index contributed by atoms with van der Waals surface area (Å²) in [4.78, 5) is 25.0. The average molecular weight is 372 g/mol. The molecule has 0 aliphatic carbocycles. The first-order chi connectivity index (χ1) is 10.6. The van der Waals surface area contributed by atoms with E-state index in [-0.39, 0.29) is 19.1 Å². The molecule has 7 nitrogen and oxygen atoms in total. The van der Waals surface area contributed by atoms with Crippen LogP contribution < -0.4 is 9.47 Å². The van der Waals surface area contributed by atoms with E-state index in [1.54, 1.807) is 12.1 Å². The highest BCUT2D eigenvalue weighted by Gasteiger charge is 2.30. The van der Waals surface area contributed by atoms with E-state index in [1.807, 2.05) is 0 Å². The lowest BCUT2D eigenvalue weighted by atomic mass is 10.1. The molecule has 0 radical (unpaired) electrons. The molecule has 2 heterocycles. The van der Waals surface area contributed by atoms with Gasteiger partial charge < -0.3 is 24.2 Å². The molecular formula is C14H14BrNO6. The molecule has 2 aliphatic heterocycles. The number of carbonyl (C=O) groups excluding carboxylic acids is 1. The van der Waals surface area contributed by atoms with Gasteiger partial charge in [-0.2, -0.15) is 0 Å². The Labute approximate surface area is 134 Å². The summed E-state index contributed by atoms with van der Waals surface area (Å²) in [7, 11) is 0. The summed E-state index contributed by atoms with van der Waals surface area (Å²) >= 11 is 3.37. The molecule has 0 aromatic heterocycles. The van der Waals surface area contributed by atoms with Gasteiger partial charge in [-0.15, -0.1) is 0 Å². The lowest BCUT2D eigenvalue weighted by Crippen LogP contribution is -2.48. The third kappa shape index (κ3) is 2.89. The number of morpholine rings is 1. The zero-order chi connectivity index (χ0) is 15.7. The molecular weight excluding hydrogens is 358 g/mol. The van der Waals surface area contributed by atoms with Crippen molar-refractivity contribution in [2.24, 2.45) is 0 Å². The highest BCUT2D eigenvalue weighted by atomic mass is 79.9. The first-order valence-corrected chi connectivity index (χ1v) is 7.58. The van der Waals surface area contributed by atoms with Crippen LogP contribution in [0.15, 0.2) is 16.6 Å². The molecule has 2 aliphatic rings. The van der Waals surface area contributed by atoms with Crippen LogP contribution in [0.5, 0.6) is 11.5 Å². The zero-order valence-corrected chi connectivity index (χ0v) is 13.2. The molecule has 3 rings (SSSR count). The monoisotopic (exact) mass is 371 g/mol. The minimum absolute atomic E-state index is 0.0280. The van der Waals surface area contributed by atoms with E-state index >= 15 is 0 Å². The van der Waals surface area contributed by atoms with Crippen LogP contribution in [0, 0.1) is 0 Å². The maximum Gasteiger partial charge on any atom is 0.334 e. The van der Waals surface area contributed by atoms with Crippen molar-refractivity contribution in [2.45, 2.75) is 6.10 Å². The summed E-state index contributed by atoms with van der Waals surface area (Å²) in [5.74, 6) is -0.242. The Hall–Kier alpha value is -1.80. The number of hydrogen-bond acceptors (Lipinski definition) is 5. The van der Waals surface area contributed by atoms with Crippen LogP contribution in [0.3, 0.4) is 0 Å². The van der Waals surface area contributed by atoms with Crippen molar-refractivity contribution in [1.29, 1.82) is 0 Å². The van der Waals surface area contributed by atoms with Crippen molar-refractivity contribution >= 4 is 27.8 Å². The molecule has 0 saturated carbocycles. The fourth-order valence-corrected chi connectivity index (χ4v) is 2.96. The Kier molecular flexibility index (Phi) is 4.21. The lowest BCUT2D eigenvalue weighted by molar-refractivity contribution is -0.154. The van der Waals surface area contributed by atoms with E-state index in [4.69, 9.17) is 19.3 Å². The normalized spacial score (nSPS) is 20.6. The van der Waals surface area contributed by atoms with Gasteiger partial charge in [0.15, 0.2) is 17.6 Å². The van der Waals surface area contributed by atoms with Crippen LogP contribution in [-0.4, -0.2) is 60.9 Å². The number of amides is 1. The number of halogens is 1. The van der Waals surface area contributed by atoms with Crippen LogP contribution in [0.1, 0.15) is 10.4 Å². The summed E-state index contributed by atoms with van der Waals surface area (Å²) in [6.07, 6.45) is -0.988. The Morgan fingerprint density at radius 2 is 2.00 bits per heavy atom. The Balaban J connectivity index is 1.83. The largest absolute Gasteiger partial charge is 0.486 e. The molecule has 1 fully saturated rings. The second-order valence-electron chi connectivity index (χ2n) is 4.93. The number of carboxylic acids is 1. The number of rotatable bonds is 2. The minimum atomic E-state index is -1.07. The van der Waals surface area contributed by atoms with Crippen LogP contribution in [0.25, 0.3) is 0 Å². The topological polar surface area (TPSA) is 85.3 Å². The van der Waals surface area contributed by atoms with Crippen molar-refractivity contribution in [3.05, 3.63) is 22.2 Å². The lowest BCUT2D eigenvalue weighted by Gasteiger charge is -2.31. The number of benzene rings is 1. The molecule has 1 aromatic rings. The zero-order valence-electron chi connectivity index (χ0n) is 11.6. The number of fused-ring (bicyclic) bond motifs is 1. The first-order valence-electron chi connectivity index (χ1n) is 6.79.